The quantitative estimate of drug-likeness (QED) is 0.621. The summed E-state index contributed by atoms with van der Waals surface area (Å²) in [6.45, 7) is 3.97. The summed E-state index contributed by atoms with van der Waals surface area (Å²) in [5.74, 6) is -2.44. The maximum atomic E-state index is 11.5. The molecule has 1 N–H and O–H groups in total. The summed E-state index contributed by atoms with van der Waals surface area (Å²) in [6.07, 6.45) is 0. The number of piperazine rings is 1. The summed E-state index contributed by atoms with van der Waals surface area (Å²) in [6, 6.07) is -0.244. The molecule has 0 aromatic rings. The largest absolute Gasteiger partial charge is 0.480 e. The minimum absolute atomic E-state index is 0.244. The number of aliphatic carboxylic acids is 1. The van der Waals surface area contributed by atoms with E-state index in [2.05, 4.69) is 0 Å². The van der Waals surface area contributed by atoms with E-state index in [1.165, 1.54) is 4.90 Å². The smallest absolute Gasteiger partial charge is 0.323 e. The fourth-order valence-electron chi connectivity index (χ4n) is 1.60. The number of carboxylic acids is 1. The molecule has 1 aliphatic rings. The maximum Gasteiger partial charge on any atom is 0.323 e. The molecule has 0 aromatic heterocycles. The first kappa shape index (κ1) is 11.5. The SMILES string of the molecule is CCN1CC(C)N(CC(=O)O)C(=O)C1=O. The standard InChI is InChI=1S/C9H14N2O4/c1-3-10-4-6(2)11(5-7(12)13)9(15)8(10)14/h6H,3-5H2,1-2H3,(H,12,13). The fraction of sp³-hybridized carbons (Fsp3) is 0.667. The Balaban J connectivity index is 2.79. The van der Waals surface area contributed by atoms with Crippen LogP contribution >= 0.6 is 0 Å². The normalized spacial score (nSPS) is 22.1. The van der Waals surface area contributed by atoms with Crippen molar-refractivity contribution >= 4 is 17.8 Å². The lowest BCUT2D eigenvalue weighted by Gasteiger charge is -2.37. The van der Waals surface area contributed by atoms with Gasteiger partial charge in [0.15, 0.2) is 0 Å². The first-order valence-electron chi connectivity index (χ1n) is 4.79. The van der Waals surface area contributed by atoms with E-state index in [1.54, 1.807) is 13.8 Å². The predicted molar refractivity (Wildman–Crippen MR) is 51.1 cm³/mol. The van der Waals surface area contributed by atoms with E-state index in [4.69, 9.17) is 5.11 Å². The monoisotopic (exact) mass is 214 g/mol. The minimum Gasteiger partial charge on any atom is -0.480 e. The first-order chi connectivity index (χ1) is 6.97. The van der Waals surface area contributed by atoms with Crippen molar-refractivity contribution < 1.29 is 19.5 Å². The van der Waals surface area contributed by atoms with Gasteiger partial charge in [-0.2, -0.15) is 0 Å². The average Bonchev–Trinajstić information content (AvgIpc) is 2.18. The number of rotatable bonds is 3. The van der Waals surface area contributed by atoms with Gasteiger partial charge in [0.1, 0.15) is 6.54 Å². The van der Waals surface area contributed by atoms with Crippen LogP contribution in [0.2, 0.25) is 0 Å². The van der Waals surface area contributed by atoms with Gasteiger partial charge < -0.3 is 14.9 Å². The molecule has 1 unspecified atom stereocenters. The molecule has 1 fully saturated rings. The highest BCUT2D eigenvalue weighted by Crippen LogP contribution is 2.11. The van der Waals surface area contributed by atoms with Crippen molar-refractivity contribution in [2.24, 2.45) is 0 Å². The second-order valence-corrected chi connectivity index (χ2v) is 3.52. The van der Waals surface area contributed by atoms with Crippen LogP contribution in [0.15, 0.2) is 0 Å². The third-order valence-corrected chi connectivity index (χ3v) is 2.44. The molecule has 0 aliphatic carbocycles. The van der Waals surface area contributed by atoms with Gasteiger partial charge in [-0.25, -0.2) is 0 Å². The molecule has 0 spiro atoms. The molecule has 1 heterocycles. The summed E-state index contributed by atoms with van der Waals surface area (Å²) in [5.41, 5.74) is 0. The van der Waals surface area contributed by atoms with Crippen molar-refractivity contribution in [3.63, 3.8) is 0 Å². The van der Waals surface area contributed by atoms with E-state index in [9.17, 15) is 14.4 Å². The number of nitrogens with zero attached hydrogens (tertiary/aromatic N) is 2. The Labute approximate surface area is 87.5 Å². The molecule has 6 heteroatoms. The Bertz CT molecular complexity index is 302. The maximum absolute atomic E-state index is 11.5. The molecule has 1 atom stereocenters. The lowest BCUT2D eigenvalue weighted by Crippen LogP contribution is -2.59. The Morgan fingerprint density at radius 2 is 2.07 bits per heavy atom. The number of carboxylic acid groups (broad SMARTS) is 1. The van der Waals surface area contributed by atoms with Gasteiger partial charge in [0.2, 0.25) is 0 Å². The molecule has 2 amide bonds. The molecule has 1 aliphatic heterocycles. The lowest BCUT2D eigenvalue weighted by atomic mass is 10.2. The Morgan fingerprint density at radius 3 is 2.53 bits per heavy atom. The van der Waals surface area contributed by atoms with Crippen LogP contribution < -0.4 is 0 Å². The van der Waals surface area contributed by atoms with Crippen LogP contribution in [0.5, 0.6) is 0 Å². The van der Waals surface area contributed by atoms with Gasteiger partial charge in [0, 0.05) is 19.1 Å². The molecular weight excluding hydrogens is 200 g/mol. The topological polar surface area (TPSA) is 77.9 Å². The highest BCUT2D eigenvalue weighted by atomic mass is 16.4. The minimum atomic E-state index is -1.10. The third-order valence-electron chi connectivity index (χ3n) is 2.44. The third kappa shape index (κ3) is 2.26. The molecule has 1 rings (SSSR count). The molecule has 1 saturated heterocycles. The van der Waals surface area contributed by atoms with Crippen LogP contribution in [0, 0.1) is 0 Å². The lowest BCUT2D eigenvalue weighted by molar-refractivity contribution is -0.161. The van der Waals surface area contributed by atoms with Gasteiger partial charge in [0.05, 0.1) is 0 Å². The van der Waals surface area contributed by atoms with Crippen LogP contribution in [0.3, 0.4) is 0 Å². The van der Waals surface area contributed by atoms with Crippen LogP contribution in [0.25, 0.3) is 0 Å². The van der Waals surface area contributed by atoms with Crippen molar-refractivity contribution in [3.05, 3.63) is 0 Å². The molecule has 15 heavy (non-hydrogen) atoms. The number of carbonyl (C=O) groups excluding carboxylic acids is 2. The number of hydrogen-bond donors (Lipinski definition) is 1. The van der Waals surface area contributed by atoms with Gasteiger partial charge in [-0.1, -0.05) is 0 Å². The predicted octanol–water partition coefficient (Wildman–Crippen LogP) is -0.850. The van der Waals surface area contributed by atoms with Crippen LogP contribution in [0.1, 0.15) is 13.8 Å². The summed E-state index contributed by atoms with van der Waals surface area (Å²) >= 11 is 0. The number of amides is 2. The first-order valence-corrected chi connectivity index (χ1v) is 4.79. The zero-order valence-electron chi connectivity index (χ0n) is 8.77. The molecule has 0 bridgehead atoms. The summed E-state index contributed by atoms with van der Waals surface area (Å²) in [4.78, 5) is 36.0. The second-order valence-electron chi connectivity index (χ2n) is 3.52. The van der Waals surface area contributed by atoms with Gasteiger partial charge in [-0.05, 0) is 13.8 Å². The molecule has 84 valence electrons. The zero-order chi connectivity index (χ0) is 11.6. The fourth-order valence-corrected chi connectivity index (χ4v) is 1.60. The van der Waals surface area contributed by atoms with Gasteiger partial charge in [-0.3, -0.25) is 14.4 Å². The summed E-state index contributed by atoms with van der Waals surface area (Å²) in [7, 11) is 0. The van der Waals surface area contributed by atoms with E-state index in [1.807, 2.05) is 0 Å². The second kappa shape index (κ2) is 4.29. The van der Waals surface area contributed by atoms with Crippen molar-refractivity contribution in [2.75, 3.05) is 19.6 Å². The van der Waals surface area contributed by atoms with Crippen LogP contribution in [-0.2, 0) is 14.4 Å². The molecule has 0 radical (unpaired) electrons. The highest BCUT2D eigenvalue weighted by molar-refractivity contribution is 6.35. The molecule has 0 saturated carbocycles. The van der Waals surface area contributed by atoms with Crippen molar-refractivity contribution in [1.29, 1.82) is 0 Å². The molecular formula is C9H14N2O4. The Hall–Kier alpha value is -1.59. The summed E-state index contributed by atoms with van der Waals surface area (Å²) < 4.78 is 0. The average molecular weight is 214 g/mol. The Morgan fingerprint density at radius 1 is 1.47 bits per heavy atom. The van der Waals surface area contributed by atoms with E-state index in [-0.39, 0.29) is 6.04 Å². The molecule has 6 nitrogen and oxygen atoms in total. The van der Waals surface area contributed by atoms with Crippen molar-refractivity contribution in [3.8, 4) is 0 Å². The zero-order valence-corrected chi connectivity index (χ0v) is 8.77. The van der Waals surface area contributed by atoms with E-state index in [0.29, 0.717) is 13.1 Å². The van der Waals surface area contributed by atoms with Crippen LogP contribution in [0.4, 0.5) is 0 Å². The summed E-state index contributed by atoms with van der Waals surface area (Å²) in [5, 5.41) is 8.59. The van der Waals surface area contributed by atoms with E-state index >= 15 is 0 Å². The van der Waals surface area contributed by atoms with Gasteiger partial charge in [0.25, 0.3) is 0 Å². The van der Waals surface area contributed by atoms with Gasteiger partial charge >= 0.3 is 17.8 Å². The van der Waals surface area contributed by atoms with Gasteiger partial charge in [-0.15, -0.1) is 0 Å². The Kier molecular flexibility index (Phi) is 3.28. The molecule has 0 aromatic carbocycles. The number of carbonyl (C=O) groups is 3. The van der Waals surface area contributed by atoms with Crippen LogP contribution in [-0.4, -0.2) is 58.4 Å². The number of hydrogen-bond acceptors (Lipinski definition) is 3. The highest BCUT2D eigenvalue weighted by Gasteiger charge is 2.36. The van der Waals surface area contributed by atoms with Crippen molar-refractivity contribution in [1.82, 2.24) is 9.80 Å². The van der Waals surface area contributed by atoms with E-state index in [0.717, 1.165) is 4.90 Å². The number of likely N-dealkylation sites (N-methyl/N-ethyl adjacent to an activating group) is 1. The van der Waals surface area contributed by atoms with E-state index < -0.39 is 24.3 Å². The van der Waals surface area contributed by atoms with Crippen molar-refractivity contribution in [2.45, 2.75) is 19.9 Å².